The van der Waals surface area contributed by atoms with Crippen LogP contribution in [0.5, 0.6) is 0 Å². The molecule has 0 spiro atoms. The second-order valence-corrected chi connectivity index (χ2v) is 3.96. The number of rotatable bonds is 6. The molecule has 70 valence electrons. The van der Waals surface area contributed by atoms with Gasteiger partial charge in [0.15, 0.2) is 0 Å². The molecule has 1 aliphatic rings. The molecular weight excluding hydrogens is 146 g/mol. The van der Waals surface area contributed by atoms with Crippen molar-refractivity contribution in [1.82, 2.24) is 0 Å². The van der Waals surface area contributed by atoms with Gasteiger partial charge in [-0.2, -0.15) is 0 Å². The quantitative estimate of drug-likeness (QED) is 0.460. The third kappa shape index (κ3) is 2.96. The zero-order chi connectivity index (χ0) is 8.81. The maximum Gasteiger partial charge on any atom is 0.0120 e. The van der Waals surface area contributed by atoms with Gasteiger partial charge in [0.25, 0.3) is 0 Å². The monoisotopic (exact) mass is 167 g/mol. The summed E-state index contributed by atoms with van der Waals surface area (Å²) in [7, 11) is 0. The Morgan fingerprint density at radius 3 is 2.50 bits per heavy atom. The van der Waals surface area contributed by atoms with Crippen molar-refractivity contribution < 1.29 is 0 Å². The summed E-state index contributed by atoms with van der Waals surface area (Å²) in [5.41, 5.74) is 1.04. The summed E-state index contributed by atoms with van der Waals surface area (Å²) in [5.74, 6) is 0.687. The molecule has 0 atom stereocenters. The van der Waals surface area contributed by atoms with Crippen LogP contribution >= 0.6 is 0 Å². The van der Waals surface area contributed by atoms with E-state index in [-0.39, 0.29) is 0 Å². The van der Waals surface area contributed by atoms with Crippen molar-refractivity contribution in [1.29, 1.82) is 5.41 Å². The fourth-order valence-corrected chi connectivity index (χ4v) is 1.70. The molecule has 12 heavy (non-hydrogen) atoms. The molecule has 0 amide bonds. The molecule has 0 aromatic carbocycles. The summed E-state index contributed by atoms with van der Waals surface area (Å²) in [6.07, 6.45) is 10.3. The smallest absolute Gasteiger partial charge is 0.0120 e. The zero-order valence-electron chi connectivity index (χ0n) is 8.23. The van der Waals surface area contributed by atoms with Crippen LogP contribution < -0.4 is 0 Å². The predicted octanol–water partition coefficient (Wildman–Crippen LogP) is 3.78. The molecule has 0 aromatic rings. The van der Waals surface area contributed by atoms with Crippen molar-refractivity contribution in [2.75, 3.05) is 0 Å². The van der Waals surface area contributed by atoms with Crippen LogP contribution in [-0.4, -0.2) is 5.71 Å². The van der Waals surface area contributed by atoms with Crippen molar-refractivity contribution in [3.63, 3.8) is 0 Å². The molecule has 1 rings (SSSR count). The van der Waals surface area contributed by atoms with Crippen molar-refractivity contribution in [3.8, 4) is 0 Å². The third-order valence-corrected chi connectivity index (χ3v) is 2.90. The first-order valence-corrected chi connectivity index (χ1v) is 5.42. The minimum atomic E-state index is 0.687. The molecule has 1 aliphatic carbocycles. The van der Waals surface area contributed by atoms with Gasteiger partial charge in [0.1, 0.15) is 0 Å². The fourth-order valence-electron chi connectivity index (χ4n) is 1.70. The topological polar surface area (TPSA) is 23.9 Å². The molecular formula is C11H21N. The van der Waals surface area contributed by atoms with Gasteiger partial charge in [-0.05, 0) is 31.6 Å². The Morgan fingerprint density at radius 1 is 1.25 bits per heavy atom. The highest BCUT2D eigenvalue weighted by Crippen LogP contribution is 2.28. The lowest BCUT2D eigenvalue weighted by atomic mass is 9.80. The van der Waals surface area contributed by atoms with E-state index in [2.05, 4.69) is 6.92 Å². The van der Waals surface area contributed by atoms with Gasteiger partial charge in [0, 0.05) is 5.71 Å². The Kier molecular flexibility index (Phi) is 4.34. The second kappa shape index (κ2) is 5.34. The number of unbranched alkanes of at least 4 members (excludes halogenated alkanes) is 3. The average Bonchev–Trinajstić information content (AvgIpc) is 1.95. The van der Waals surface area contributed by atoms with Gasteiger partial charge < -0.3 is 5.41 Å². The lowest BCUT2D eigenvalue weighted by Crippen LogP contribution is -2.20. The van der Waals surface area contributed by atoms with E-state index in [1.54, 1.807) is 0 Å². The fraction of sp³-hybridized carbons (Fsp3) is 0.909. The maximum absolute atomic E-state index is 7.78. The van der Waals surface area contributed by atoms with Gasteiger partial charge in [-0.3, -0.25) is 0 Å². The van der Waals surface area contributed by atoms with Crippen molar-refractivity contribution >= 4 is 5.71 Å². The molecule has 0 aromatic heterocycles. The molecule has 1 heteroatoms. The summed E-state index contributed by atoms with van der Waals surface area (Å²) >= 11 is 0. The van der Waals surface area contributed by atoms with E-state index < -0.39 is 0 Å². The van der Waals surface area contributed by atoms with E-state index in [1.807, 2.05) is 0 Å². The van der Waals surface area contributed by atoms with E-state index in [0.717, 1.165) is 12.1 Å². The van der Waals surface area contributed by atoms with Crippen molar-refractivity contribution in [3.05, 3.63) is 0 Å². The first kappa shape index (κ1) is 9.76. The van der Waals surface area contributed by atoms with Gasteiger partial charge in [-0.1, -0.05) is 32.6 Å². The molecule has 0 radical (unpaired) electrons. The minimum Gasteiger partial charge on any atom is -0.309 e. The van der Waals surface area contributed by atoms with Gasteiger partial charge in [0.05, 0.1) is 0 Å². The van der Waals surface area contributed by atoms with E-state index in [4.69, 9.17) is 5.41 Å². The molecule has 1 nitrogen and oxygen atoms in total. The van der Waals surface area contributed by atoms with Crippen LogP contribution in [0.4, 0.5) is 0 Å². The molecule has 0 aliphatic heterocycles. The predicted molar refractivity (Wildman–Crippen MR) is 53.8 cm³/mol. The highest BCUT2D eigenvalue weighted by Gasteiger charge is 2.21. The summed E-state index contributed by atoms with van der Waals surface area (Å²) < 4.78 is 0. The molecule has 1 N–H and O–H groups in total. The molecule has 1 saturated carbocycles. The van der Waals surface area contributed by atoms with Crippen LogP contribution in [-0.2, 0) is 0 Å². The van der Waals surface area contributed by atoms with Crippen molar-refractivity contribution in [2.24, 2.45) is 5.92 Å². The number of hydrogen-bond acceptors (Lipinski definition) is 1. The molecule has 0 unspecified atom stereocenters. The van der Waals surface area contributed by atoms with E-state index in [9.17, 15) is 0 Å². The highest BCUT2D eigenvalue weighted by atomic mass is 14.5. The Balaban J connectivity index is 1.94. The molecule has 0 bridgehead atoms. The summed E-state index contributed by atoms with van der Waals surface area (Å²) in [5, 5.41) is 7.78. The van der Waals surface area contributed by atoms with E-state index in [1.165, 1.54) is 44.9 Å². The van der Waals surface area contributed by atoms with Crippen LogP contribution in [0.1, 0.15) is 58.3 Å². The Morgan fingerprint density at radius 2 is 2.00 bits per heavy atom. The summed E-state index contributed by atoms with van der Waals surface area (Å²) in [6, 6.07) is 0. The first-order valence-electron chi connectivity index (χ1n) is 5.42. The zero-order valence-corrected chi connectivity index (χ0v) is 8.23. The van der Waals surface area contributed by atoms with Crippen LogP contribution in [0.25, 0.3) is 0 Å². The SMILES string of the molecule is CCCCCCC(=N)C1CCC1. The lowest BCUT2D eigenvalue weighted by Gasteiger charge is -2.26. The third-order valence-electron chi connectivity index (χ3n) is 2.90. The molecule has 0 saturated heterocycles. The van der Waals surface area contributed by atoms with Crippen LogP contribution in [0.15, 0.2) is 0 Å². The second-order valence-electron chi connectivity index (χ2n) is 3.96. The van der Waals surface area contributed by atoms with Crippen LogP contribution in [0.2, 0.25) is 0 Å². The highest BCUT2D eigenvalue weighted by molar-refractivity contribution is 5.84. The number of hydrogen-bond donors (Lipinski definition) is 1. The van der Waals surface area contributed by atoms with Gasteiger partial charge >= 0.3 is 0 Å². The average molecular weight is 167 g/mol. The Bertz CT molecular complexity index is 136. The van der Waals surface area contributed by atoms with Crippen LogP contribution in [0.3, 0.4) is 0 Å². The summed E-state index contributed by atoms with van der Waals surface area (Å²) in [6.45, 7) is 2.23. The first-order chi connectivity index (χ1) is 5.84. The van der Waals surface area contributed by atoms with E-state index in [0.29, 0.717) is 5.92 Å². The minimum absolute atomic E-state index is 0.687. The Hall–Kier alpha value is -0.330. The van der Waals surface area contributed by atoms with Gasteiger partial charge in [-0.15, -0.1) is 0 Å². The lowest BCUT2D eigenvalue weighted by molar-refractivity contribution is 0.405. The van der Waals surface area contributed by atoms with E-state index >= 15 is 0 Å². The normalized spacial score (nSPS) is 17.4. The standard InChI is InChI=1S/C11H21N/c1-2-3-4-5-9-11(12)10-7-6-8-10/h10,12H,2-9H2,1H3. The molecule has 1 fully saturated rings. The van der Waals surface area contributed by atoms with Gasteiger partial charge in [0.2, 0.25) is 0 Å². The van der Waals surface area contributed by atoms with Crippen LogP contribution in [0, 0.1) is 11.3 Å². The summed E-state index contributed by atoms with van der Waals surface area (Å²) in [4.78, 5) is 0. The van der Waals surface area contributed by atoms with Gasteiger partial charge in [-0.25, -0.2) is 0 Å². The number of nitrogens with one attached hydrogen (secondary N) is 1. The Labute approximate surface area is 76.1 Å². The maximum atomic E-state index is 7.78. The largest absolute Gasteiger partial charge is 0.309 e. The molecule has 0 heterocycles. The van der Waals surface area contributed by atoms with Crippen molar-refractivity contribution in [2.45, 2.75) is 58.3 Å².